The molecule has 0 aliphatic carbocycles. The highest BCUT2D eigenvalue weighted by atomic mass is 32.1. The maximum Gasteiger partial charge on any atom is 0.299 e. The van der Waals surface area contributed by atoms with Crippen LogP contribution in [0.4, 0.5) is 0 Å². The van der Waals surface area contributed by atoms with Crippen LogP contribution in [-0.4, -0.2) is 20.4 Å². The Labute approximate surface area is 125 Å². The number of hydrogen-bond donors (Lipinski definition) is 0. The van der Waals surface area contributed by atoms with Crippen LogP contribution in [-0.2, 0) is 7.05 Å². The Hall–Kier alpha value is -2.34. The maximum absolute atomic E-state index is 12.1. The molecule has 6 heteroatoms. The first-order valence-electron chi connectivity index (χ1n) is 6.48. The van der Waals surface area contributed by atoms with Gasteiger partial charge in [-0.25, -0.2) is 4.98 Å². The maximum atomic E-state index is 12.1. The van der Waals surface area contributed by atoms with Crippen molar-refractivity contribution < 1.29 is 4.79 Å². The number of thiazole rings is 1. The zero-order valence-electron chi connectivity index (χ0n) is 12.0. The van der Waals surface area contributed by atoms with Gasteiger partial charge in [0.1, 0.15) is 5.69 Å². The van der Waals surface area contributed by atoms with E-state index in [1.54, 1.807) is 0 Å². The third kappa shape index (κ3) is 2.50. The van der Waals surface area contributed by atoms with Crippen LogP contribution in [0, 0.1) is 13.8 Å². The number of benzene rings is 1. The molecule has 0 atom stereocenters. The van der Waals surface area contributed by atoms with Crippen LogP contribution >= 0.6 is 11.3 Å². The SMILES string of the molecule is Cc1cc2sc(=NC(=O)c3cnccn3)n(C)c2cc1C. The van der Waals surface area contributed by atoms with Crippen molar-refractivity contribution in [1.82, 2.24) is 14.5 Å². The summed E-state index contributed by atoms with van der Waals surface area (Å²) < 4.78 is 3.05. The molecule has 0 saturated carbocycles. The highest BCUT2D eigenvalue weighted by Crippen LogP contribution is 2.21. The molecule has 0 N–H and O–H groups in total. The minimum Gasteiger partial charge on any atom is -0.319 e. The molecular weight excluding hydrogens is 284 g/mol. The number of fused-ring (bicyclic) bond motifs is 1. The van der Waals surface area contributed by atoms with Crippen molar-refractivity contribution in [2.45, 2.75) is 13.8 Å². The largest absolute Gasteiger partial charge is 0.319 e. The third-order valence-electron chi connectivity index (χ3n) is 3.40. The summed E-state index contributed by atoms with van der Waals surface area (Å²) in [5.41, 5.74) is 3.79. The average Bonchev–Trinajstić information content (AvgIpc) is 2.77. The third-order valence-corrected chi connectivity index (χ3v) is 4.50. The normalized spacial score (nSPS) is 12.0. The lowest BCUT2D eigenvalue weighted by Crippen LogP contribution is -2.14. The summed E-state index contributed by atoms with van der Waals surface area (Å²) in [6, 6.07) is 4.24. The lowest BCUT2D eigenvalue weighted by atomic mass is 10.1. The van der Waals surface area contributed by atoms with Crippen molar-refractivity contribution in [1.29, 1.82) is 0 Å². The van der Waals surface area contributed by atoms with Crippen molar-refractivity contribution in [2.24, 2.45) is 12.0 Å². The molecule has 3 rings (SSSR count). The summed E-state index contributed by atoms with van der Waals surface area (Å²) in [6.45, 7) is 4.16. The van der Waals surface area contributed by atoms with E-state index in [9.17, 15) is 4.79 Å². The number of rotatable bonds is 1. The van der Waals surface area contributed by atoms with Gasteiger partial charge in [0.2, 0.25) is 0 Å². The predicted molar refractivity (Wildman–Crippen MR) is 82.2 cm³/mol. The second kappa shape index (κ2) is 5.21. The van der Waals surface area contributed by atoms with Crippen LogP contribution in [0.15, 0.2) is 35.7 Å². The van der Waals surface area contributed by atoms with Crippen molar-refractivity contribution in [3.05, 3.63) is 52.3 Å². The monoisotopic (exact) mass is 298 g/mol. The molecular formula is C15H14N4OS. The van der Waals surface area contributed by atoms with Crippen LogP contribution in [0.5, 0.6) is 0 Å². The summed E-state index contributed by atoms with van der Waals surface area (Å²) in [4.78, 5) is 24.8. The molecule has 0 spiro atoms. The van der Waals surface area contributed by atoms with E-state index in [1.165, 1.54) is 41.1 Å². The van der Waals surface area contributed by atoms with Crippen molar-refractivity contribution >= 4 is 27.5 Å². The van der Waals surface area contributed by atoms with E-state index < -0.39 is 0 Å². The molecule has 0 bridgehead atoms. The lowest BCUT2D eigenvalue weighted by molar-refractivity contribution is 0.0993. The standard InChI is InChI=1S/C15H14N4OS/c1-9-6-12-13(7-10(9)2)21-15(19(12)3)18-14(20)11-8-16-4-5-17-11/h4-8H,1-3H3. The van der Waals surface area contributed by atoms with E-state index in [2.05, 4.69) is 40.9 Å². The van der Waals surface area contributed by atoms with Gasteiger partial charge in [0, 0.05) is 19.4 Å². The lowest BCUT2D eigenvalue weighted by Gasteiger charge is -2.00. The average molecular weight is 298 g/mol. The molecule has 0 aliphatic rings. The highest BCUT2D eigenvalue weighted by molar-refractivity contribution is 7.16. The molecule has 0 radical (unpaired) electrons. The molecule has 3 aromatic rings. The van der Waals surface area contributed by atoms with Crippen LogP contribution < -0.4 is 4.80 Å². The minimum atomic E-state index is -0.376. The fourth-order valence-electron chi connectivity index (χ4n) is 2.04. The summed E-state index contributed by atoms with van der Waals surface area (Å²) in [5.74, 6) is -0.376. The second-order valence-electron chi connectivity index (χ2n) is 4.86. The number of aromatic nitrogens is 3. The van der Waals surface area contributed by atoms with E-state index >= 15 is 0 Å². The first-order chi connectivity index (χ1) is 10.1. The van der Waals surface area contributed by atoms with Crippen LogP contribution in [0.25, 0.3) is 10.2 Å². The van der Waals surface area contributed by atoms with E-state index in [4.69, 9.17) is 0 Å². The van der Waals surface area contributed by atoms with Crippen LogP contribution in [0.1, 0.15) is 21.6 Å². The molecule has 21 heavy (non-hydrogen) atoms. The number of carbonyl (C=O) groups excluding carboxylic acids is 1. The number of carbonyl (C=O) groups is 1. The second-order valence-corrected chi connectivity index (χ2v) is 5.86. The molecule has 106 valence electrons. The fourth-order valence-corrected chi connectivity index (χ4v) is 3.14. The molecule has 2 heterocycles. The Morgan fingerprint density at radius 1 is 1.24 bits per heavy atom. The van der Waals surface area contributed by atoms with Gasteiger partial charge in [-0.3, -0.25) is 9.78 Å². The van der Waals surface area contributed by atoms with Crippen molar-refractivity contribution in [3.63, 3.8) is 0 Å². The first kappa shape index (κ1) is 13.6. The number of aryl methyl sites for hydroxylation is 3. The summed E-state index contributed by atoms with van der Waals surface area (Å²) in [5, 5.41) is 0. The quantitative estimate of drug-likeness (QED) is 0.693. The van der Waals surface area contributed by atoms with E-state index in [1.807, 2.05) is 11.6 Å². The number of hydrogen-bond acceptors (Lipinski definition) is 4. The van der Waals surface area contributed by atoms with Gasteiger partial charge in [0.05, 0.1) is 16.4 Å². The number of nitrogens with zero attached hydrogens (tertiary/aromatic N) is 4. The minimum absolute atomic E-state index is 0.252. The van der Waals surface area contributed by atoms with Gasteiger partial charge in [-0.15, -0.1) is 0 Å². The Bertz CT molecular complexity index is 893. The van der Waals surface area contributed by atoms with Gasteiger partial charge >= 0.3 is 0 Å². The summed E-state index contributed by atoms with van der Waals surface area (Å²) in [7, 11) is 1.91. The van der Waals surface area contributed by atoms with Crippen molar-refractivity contribution in [2.75, 3.05) is 0 Å². The van der Waals surface area contributed by atoms with Crippen LogP contribution in [0.3, 0.4) is 0 Å². The Morgan fingerprint density at radius 2 is 2.00 bits per heavy atom. The number of amides is 1. The van der Waals surface area contributed by atoms with Crippen LogP contribution in [0.2, 0.25) is 0 Å². The van der Waals surface area contributed by atoms with Gasteiger partial charge in [0.15, 0.2) is 4.80 Å². The predicted octanol–water partition coefficient (Wildman–Crippen LogP) is 2.39. The van der Waals surface area contributed by atoms with E-state index in [-0.39, 0.29) is 11.6 Å². The molecule has 1 aromatic carbocycles. The van der Waals surface area contributed by atoms with Crippen molar-refractivity contribution in [3.8, 4) is 0 Å². The van der Waals surface area contributed by atoms with Gasteiger partial charge in [-0.05, 0) is 37.1 Å². The molecule has 1 amide bonds. The van der Waals surface area contributed by atoms with E-state index in [0.29, 0.717) is 4.80 Å². The zero-order chi connectivity index (χ0) is 15.0. The molecule has 2 aromatic heterocycles. The van der Waals surface area contributed by atoms with Gasteiger partial charge in [-0.1, -0.05) is 11.3 Å². The molecule has 5 nitrogen and oxygen atoms in total. The summed E-state index contributed by atoms with van der Waals surface area (Å²) >= 11 is 1.50. The Balaban J connectivity index is 2.15. The van der Waals surface area contributed by atoms with Gasteiger partial charge in [0.25, 0.3) is 5.91 Å². The summed E-state index contributed by atoms with van der Waals surface area (Å²) in [6.07, 6.45) is 4.44. The smallest absolute Gasteiger partial charge is 0.299 e. The molecule has 0 fully saturated rings. The Kier molecular flexibility index (Phi) is 3.39. The Morgan fingerprint density at radius 3 is 2.71 bits per heavy atom. The van der Waals surface area contributed by atoms with E-state index in [0.717, 1.165) is 10.2 Å². The first-order valence-corrected chi connectivity index (χ1v) is 7.30. The van der Waals surface area contributed by atoms with Gasteiger partial charge in [-0.2, -0.15) is 4.99 Å². The highest BCUT2D eigenvalue weighted by Gasteiger charge is 2.09. The topological polar surface area (TPSA) is 60.1 Å². The van der Waals surface area contributed by atoms with Gasteiger partial charge < -0.3 is 4.57 Å². The fraction of sp³-hybridized carbons (Fsp3) is 0.200. The molecule has 0 aliphatic heterocycles. The molecule has 0 unspecified atom stereocenters. The molecule has 0 saturated heterocycles. The zero-order valence-corrected chi connectivity index (χ0v) is 12.8.